The predicted molar refractivity (Wildman–Crippen MR) is 126 cm³/mol. The Morgan fingerprint density at radius 2 is 1.75 bits per heavy atom. The Bertz CT molecular complexity index is 1220. The molecule has 1 N–H and O–H groups in total. The topological polar surface area (TPSA) is 81.9 Å². The molecule has 7 nitrogen and oxygen atoms in total. The zero-order valence-electron chi connectivity index (χ0n) is 18.1. The molecule has 32 heavy (non-hydrogen) atoms. The molecule has 0 atom stereocenters. The summed E-state index contributed by atoms with van der Waals surface area (Å²) in [6.45, 7) is 3.96. The largest absolute Gasteiger partial charge is 0.497 e. The molecule has 0 bridgehead atoms. The van der Waals surface area contributed by atoms with Crippen molar-refractivity contribution in [2.24, 2.45) is 0 Å². The Morgan fingerprint density at radius 3 is 2.47 bits per heavy atom. The minimum Gasteiger partial charge on any atom is -0.497 e. The van der Waals surface area contributed by atoms with E-state index in [2.05, 4.69) is 20.5 Å². The number of anilines is 1. The van der Waals surface area contributed by atoms with Gasteiger partial charge in [-0.2, -0.15) is 0 Å². The summed E-state index contributed by atoms with van der Waals surface area (Å²) in [5, 5.41) is 12.4. The normalized spacial score (nSPS) is 10.7. The Kier molecular flexibility index (Phi) is 6.51. The molecular formula is C24H23N5O2S. The molecule has 2 aromatic heterocycles. The van der Waals surface area contributed by atoms with E-state index >= 15 is 0 Å². The fourth-order valence-corrected chi connectivity index (χ4v) is 4.10. The van der Waals surface area contributed by atoms with Gasteiger partial charge in [0.25, 0.3) is 0 Å². The summed E-state index contributed by atoms with van der Waals surface area (Å²) in [5.41, 5.74) is 4.64. The average molecular weight is 446 g/mol. The second-order valence-electron chi connectivity index (χ2n) is 7.18. The molecule has 0 spiro atoms. The first kappa shape index (κ1) is 21.6. The van der Waals surface area contributed by atoms with Crippen LogP contribution in [0.25, 0.3) is 17.1 Å². The van der Waals surface area contributed by atoms with Crippen molar-refractivity contribution >= 4 is 23.4 Å². The van der Waals surface area contributed by atoms with Gasteiger partial charge >= 0.3 is 0 Å². The SMILES string of the molecule is COc1cccc(-n2c(SCC(=O)Nc3c(C)cccc3C)nnc2-c2ccncc2)c1. The average Bonchev–Trinajstić information content (AvgIpc) is 3.25. The van der Waals surface area contributed by atoms with Crippen LogP contribution in [0.4, 0.5) is 5.69 Å². The maximum absolute atomic E-state index is 12.7. The van der Waals surface area contributed by atoms with Crippen LogP contribution >= 0.6 is 11.8 Å². The zero-order chi connectivity index (χ0) is 22.5. The molecule has 0 radical (unpaired) electrons. The van der Waals surface area contributed by atoms with Crippen LogP contribution in [0.3, 0.4) is 0 Å². The van der Waals surface area contributed by atoms with E-state index in [9.17, 15) is 4.79 Å². The molecule has 0 aliphatic heterocycles. The van der Waals surface area contributed by atoms with E-state index in [1.54, 1.807) is 19.5 Å². The molecule has 0 aliphatic carbocycles. The summed E-state index contributed by atoms with van der Waals surface area (Å²) in [4.78, 5) is 16.8. The van der Waals surface area contributed by atoms with Crippen LogP contribution in [0.5, 0.6) is 5.75 Å². The molecule has 4 aromatic rings. The van der Waals surface area contributed by atoms with Gasteiger partial charge < -0.3 is 10.1 Å². The van der Waals surface area contributed by atoms with Crippen molar-refractivity contribution in [3.05, 3.63) is 78.1 Å². The summed E-state index contributed by atoms with van der Waals surface area (Å²) < 4.78 is 7.32. The Balaban J connectivity index is 1.62. The van der Waals surface area contributed by atoms with Gasteiger partial charge in [-0.05, 0) is 49.2 Å². The minimum absolute atomic E-state index is 0.0990. The summed E-state index contributed by atoms with van der Waals surface area (Å²) in [6, 6.07) is 17.4. The van der Waals surface area contributed by atoms with Crippen molar-refractivity contribution in [2.45, 2.75) is 19.0 Å². The number of ether oxygens (including phenoxy) is 1. The molecule has 162 valence electrons. The zero-order valence-corrected chi connectivity index (χ0v) is 18.9. The Hall–Kier alpha value is -3.65. The second kappa shape index (κ2) is 9.65. The van der Waals surface area contributed by atoms with Crippen LogP contribution in [0.1, 0.15) is 11.1 Å². The quantitative estimate of drug-likeness (QED) is 0.416. The number of pyridine rings is 1. The first-order valence-corrected chi connectivity index (χ1v) is 11.0. The number of aryl methyl sites for hydroxylation is 2. The number of nitrogens with zero attached hydrogens (tertiary/aromatic N) is 4. The fraction of sp³-hybridized carbons (Fsp3) is 0.167. The van der Waals surface area contributed by atoms with E-state index in [1.165, 1.54) is 11.8 Å². The van der Waals surface area contributed by atoms with Gasteiger partial charge in [-0.3, -0.25) is 14.3 Å². The minimum atomic E-state index is -0.0990. The van der Waals surface area contributed by atoms with E-state index < -0.39 is 0 Å². The third-order valence-corrected chi connectivity index (χ3v) is 5.89. The molecule has 2 aromatic carbocycles. The number of methoxy groups -OCH3 is 1. The summed E-state index contributed by atoms with van der Waals surface area (Å²) in [7, 11) is 1.63. The number of hydrogen-bond donors (Lipinski definition) is 1. The second-order valence-corrected chi connectivity index (χ2v) is 8.13. The maximum Gasteiger partial charge on any atom is 0.234 e. The number of carbonyl (C=O) groups is 1. The lowest BCUT2D eigenvalue weighted by molar-refractivity contribution is -0.113. The van der Waals surface area contributed by atoms with Crippen molar-refractivity contribution in [1.82, 2.24) is 19.7 Å². The number of hydrogen-bond acceptors (Lipinski definition) is 6. The van der Waals surface area contributed by atoms with Gasteiger partial charge in [-0.25, -0.2) is 0 Å². The molecule has 2 heterocycles. The predicted octanol–water partition coefficient (Wildman–Crippen LogP) is 4.69. The number of carbonyl (C=O) groups excluding carboxylic acids is 1. The van der Waals surface area contributed by atoms with E-state index in [4.69, 9.17) is 4.74 Å². The fourth-order valence-electron chi connectivity index (χ4n) is 3.35. The highest BCUT2D eigenvalue weighted by Gasteiger charge is 2.18. The van der Waals surface area contributed by atoms with Crippen LogP contribution in [0.15, 0.2) is 72.1 Å². The lowest BCUT2D eigenvalue weighted by Crippen LogP contribution is -2.16. The summed E-state index contributed by atoms with van der Waals surface area (Å²) >= 11 is 1.33. The first-order valence-electron chi connectivity index (χ1n) is 10.1. The molecule has 1 amide bonds. The van der Waals surface area contributed by atoms with Crippen LogP contribution in [-0.2, 0) is 4.79 Å². The number of amides is 1. The number of thioether (sulfide) groups is 1. The van der Waals surface area contributed by atoms with E-state index in [0.29, 0.717) is 11.0 Å². The van der Waals surface area contributed by atoms with Gasteiger partial charge in [0.1, 0.15) is 5.75 Å². The third kappa shape index (κ3) is 4.65. The van der Waals surface area contributed by atoms with Crippen molar-refractivity contribution in [1.29, 1.82) is 0 Å². The number of aromatic nitrogens is 4. The monoisotopic (exact) mass is 445 g/mol. The molecule has 0 unspecified atom stereocenters. The highest BCUT2D eigenvalue weighted by molar-refractivity contribution is 7.99. The van der Waals surface area contributed by atoms with E-state index in [-0.39, 0.29) is 11.7 Å². The lowest BCUT2D eigenvalue weighted by Gasteiger charge is -2.13. The van der Waals surface area contributed by atoms with Gasteiger partial charge in [0.2, 0.25) is 5.91 Å². The van der Waals surface area contributed by atoms with Crippen molar-refractivity contribution in [2.75, 3.05) is 18.2 Å². The molecule has 4 rings (SSSR count). The van der Waals surface area contributed by atoms with Crippen molar-refractivity contribution < 1.29 is 9.53 Å². The lowest BCUT2D eigenvalue weighted by atomic mass is 10.1. The van der Waals surface area contributed by atoms with Gasteiger partial charge in [-0.1, -0.05) is 36.0 Å². The van der Waals surface area contributed by atoms with E-state index in [1.807, 2.05) is 73.0 Å². The molecule has 0 saturated carbocycles. The van der Waals surface area contributed by atoms with Crippen LogP contribution in [-0.4, -0.2) is 38.5 Å². The Morgan fingerprint density at radius 1 is 1.03 bits per heavy atom. The summed E-state index contributed by atoms with van der Waals surface area (Å²) in [5.74, 6) is 1.49. The maximum atomic E-state index is 12.7. The van der Waals surface area contributed by atoms with Gasteiger partial charge in [0, 0.05) is 29.7 Å². The van der Waals surface area contributed by atoms with E-state index in [0.717, 1.165) is 33.8 Å². The highest BCUT2D eigenvalue weighted by atomic mass is 32.2. The molecular weight excluding hydrogens is 422 g/mol. The van der Waals surface area contributed by atoms with Crippen LogP contribution in [0, 0.1) is 13.8 Å². The molecule has 0 fully saturated rings. The van der Waals surface area contributed by atoms with Gasteiger partial charge in [0.15, 0.2) is 11.0 Å². The van der Waals surface area contributed by atoms with Crippen molar-refractivity contribution in [3.8, 4) is 22.8 Å². The summed E-state index contributed by atoms with van der Waals surface area (Å²) in [6.07, 6.45) is 3.43. The van der Waals surface area contributed by atoms with Crippen LogP contribution in [0.2, 0.25) is 0 Å². The number of nitrogens with one attached hydrogen (secondary N) is 1. The molecule has 0 saturated heterocycles. The van der Waals surface area contributed by atoms with Crippen molar-refractivity contribution in [3.63, 3.8) is 0 Å². The highest BCUT2D eigenvalue weighted by Crippen LogP contribution is 2.29. The Labute approximate surface area is 190 Å². The van der Waals surface area contributed by atoms with Crippen LogP contribution < -0.4 is 10.1 Å². The van der Waals surface area contributed by atoms with Gasteiger partial charge in [-0.15, -0.1) is 10.2 Å². The van der Waals surface area contributed by atoms with Gasteiger partial charge in [0.05, 0.1) is 18.6 Å². The third-order valence-electron chi connectivity index (χ3n) is 4.96. The smallest absolute Gasteiger partial charge is 0.234 e. The molecule has 0 aliphatic rings. The number of para-hydroxylation sites is 1. The standard InChI is InChI=1S/C24H23N5O2S/c1-16-6-4-7-17(2)22(16)26-21(30)15-32-24-28-27-23(18-10-12-25-13-11-18)29(24)19-8-5-9-20(14-19)31-3/h4-14H,15H2,1-3H3,(H,26,30). The molecule has 8 heteroatoms. The first-order chi connectivity index (χ1) is 15.6. The number of benzene rings is 2. The number of rotatable bonds is 7.